The van der Waals surface area contributed by atoms with Gasteiger partial charge < -0.3 is 10.2 Å². The minimum atomic E-state index is 0.754. The molecule has 1 rings (SSSR count). The quantitative estimate of drug-likeness (QED) is 0.768. The van der Waals surface area contributed by atoms with E-state index in [1.54, 1.807) is 11.8 Å². The van der Waals surface area contributed by atoms with Crippen LogP contribution in [0.5, 0.6) is 0 Å². The van der Waals surface area contributed by atoms with Crippen LogP contribution < -0.4 is 5.32 Å². The summed E-state index contributed by atoms with van der Waals surface area (Å²) < 4.78 is 0. The van der Waals surface area contributed by atoms with Crippen molar-refractivity contribution in [3.05, 3.63) is 23.8 Å². The van der Waals surface area contributed by atoms with Crippen molar-refractivity contribution in [1.82, 2.24) is 4.90 Å². The van der Waals surface area contributed by atoms with Crippen LogP contribution in [0.4, 0.5) is 5.69 Å². The summed E-state index contributed by atoms with van der Waals surface area (Å²) in [4.78, 5) is 3.39. The van der Waals surface area contributed by atoms with Crippen LogP contribution in [0.2, 0.25) is 0 Å². The molecule has 0 amide bonds. The molecule has 0 saturated carbocycles. The molecule has 1 aromatic carbocycles. The Balaban J connectivity index is 2.65. The SMILES string of the molecule is CCN(CC)CCNc1cccc(SC)c1C#N. The predicted molar refractivity (Wildman–Crippen MR) is 79.2 cm³/mol. The van der Waals surface area contributed by atoms with Crippen molar-refractivity contribution < 1.29 is 0 Å². The second kappa shape index (κ2) is 8.02. The maximum atomic E-state index is 9.22. The minimum Gasteiger partial charge on any atom is -0.383 e. The number of rotatable bonds is 7. The lowest BCUT2D eigenvalue weighted by molar-refractivity contribution is 0.316. The number of hydrogen-bond acceptors (Lipinski definition) is 4. The molecule has 0 aliphatic heterocycles. The van der Waals surface area contributed by atoms with Gasteiger partial charge in [-0.3, -0.25) is 0 Å². The Hall–Kier alpha value is -1.18. The van der Waals surface area contributed by atoms with Crippen LogP contribution >= 0.6 is 11.8 Å². The molecule has 0 aliphatic carbocycles. The van der Waals surface area contributed by atoms with E-state index in [0.717, 1.165) is 42.3 Å². The molecule has 0 saturated heterocycles. The molecule has 1 aromatic rings. The van der Waals surface area contributed by atoms with E-state index < -0.39 is 0 Å². The van der Waals surface area contributed by atoms with Crippen LogP contribution in [-0.2, 0) is 0 Å². The largest absolute Gasteiger partial charge is 0.383 e. The van der Waals surface area contributed by atoms with Crippen molar-refractivity contribution in [1.29, 1.82) is 5.26 Å². The normalized spacial score (nSPS) is 10.4. The molecule has 0 bridgehead atoms. The van der Waals surface area contributed by atoms with Gasteiger partial charge in [-0.15, -0.1) is 11.8 Å². The van der Waals surface area contributed by atoms with Gasteiger partial charge in [0.15, 0.2) is 0 Å². The molecule has 0 unspecified atom stereocenters. The summed E-state index contributed by atoms with van der Waals surface area (Å²) in [6, 6.07) is 8.23. The summed E-state index contributed by atoms with van der Waals surface area (Å²) >= 11 is 1.61. The van der Waals surface area contributed by atoms with Crippen LogP contribution in [-0.4, -0.2) is 37.3 Å². The van der Waals surface area contributed by atoms with Crippen LogP contribution in [0, 0.1) is 11.3 Å². The highest BCUT2D eigenvalue weighted by atomic mass is 32.2. The van der Waals surface area contributed by atoms with E-state index in [4.69, 9.17) is 0 Å². The molecule has 1 N–H and O–H groups in total. The smallest absolute Gasteiger partial charge is 0.102 e. The molecular weight excluding hydrogens is 242 g/mol. The topological polar surface area (TPSA) is 39.1 Å². The average molecular weight is 263 g/mol. The van der Waals surface area contributed by atoms with Gasteiger partial charge in [-0.1, -0.05) is 19.9 Å². The lowest BCUT2D eigenvalue weighted by Gasteiger charge is -2.19. The minimum absolute atomic E-state index is 0.754. The fourth-order valence-corrected chi connectivity index (χ4v) is 2.43. The lowest BCUT2D eigenvalue weighted by Crippen LogP contribution is -2.28. The number of nitrogens with zero attached hydrogens (tertiary/aromatic N) is 2. The molecule has 0 aromatic heterocycles. The summed E-state index contributed by atoms with van der Waals surface area (Å²) in [6.07, 6.45) is 2.00. The Bertz CT molecular complexity index is 408. The molecule has 0 radical (unpaired) electrons. The molecule has 98 valence electrons. The monoisotopic (exact) mass is 263 g/mol. The second-order valence-corrected chi connectivity index (χ2v) is 4.80. The zero-order valence-corrected chi connectivity index (χ0v) is 12.2. The zero-order chi connectivity index (χ0) is 13.4. The summed E-state index contributed by atoms with van der Waals surface area (Å²) in [5, 5.41) is 12.6. The van der Waals surface area contributed by atoms with Gasteiger partial charge in [-0.2, -0.15) is 5.26 Å². The Labute approximate surface area is 114 Å². The van der Waals surface area contributed by atoms with E-state index in [2.05, 4.69) is 30.1 Å². The Morgan fingerprint density at radius 2 is 2.06 bits per heavy atom. The zero-order valence-electron chi connectivity index (χ0n) is 11.4. The van der Waals surface area contributed by atoms with Gasteiger partial charge in [0.2, 0.25) is 0 Å². The third kappa shape index (κ3) is 3.94. The summed E-state index contributed by atoms with van der Waals surface area (Å²) in [5.41, 5.74) is 1.70. The Kier molecular flexibility index (Phi) is 6.63. The van der Waals surface area contributed by atoms with Crippen LogP contribution in [0.1, 0.15) is 19.4 Å². The highest BCUT2D eigenvalue weighted by molar-refractivity contribution is 7.98. The second-order valence-electron chi connectivity index (χ2n) is 3.95. The molecule has 18 heavy (non-hydrogen) atoms. The maximum Gasteiger partial charge on any atom is 0.102 e. The van der Waals surface area contributed by atoms with E-state index in [1.165, 1.54) is 0 Å². The molecule has 0 heterocycles. The van der Waals surface area contributed by atoms with Gasteiger partial charge in [-0.25, -0.2) is 0 Å². The lowest BCUT2D eigenvalue weighted by atomic mass is 10.2. The van der Waals surface area contributed by atoms with Crippen LogP contribution in [0.15, 0.2) is 23.1 Å². The van der Waals surface area contributed by atoms with Gasteiger partial charge in [0.05, 0.1) is 11.3 Å². The van der Waals surface area contributed by atoms with E-state index >= 15 is 0 Å². The van der Waals surface area contributed by atoms with Gasteiger partial charge in [-0.05, 0) is 31.5 Å². The predicted octanol–water partition coefficient (Wildman–Crippen LogP) is 3.03. The molecule has 0 atom stereocenters. The fraction of sp³-hybridized carbons (Fsp3) is 0.500. The molecule has 4 heteroatoms. The first kappa shape index (κ1) is 14.9. The standard InChI is InChI=1S/C14H21N3S/c1-4-17(5-2)10-9-16-13-7-6-8-14(18-3)12(13)11-15/h6-8,16H,4-5,9-10H2,1-3H3. The highest BCUT2D eigenvalue weighted by Crippen LogP contribution is 2.25. The van der Waals surface area contributed by atoms with Crippen LogP contribution in [0.3, 0.4) is 0 Å². The van der Waals surface area contributed by atoms with Crippen molar-refractivity contribution in [2.24, 2.45) is 0 Å². The number of hydrogen-bond donors (Lipinski definition) is 1. The van der Waals surface area contributed by atoms with Gasteiger partial charge in [0.1, 0.15) is 6.07 Å². The van der Waals surface area contributed by atoms with Gasteiger partial charge in [0, 0.05) is 18.0 Å². The highest BCUT2D eigenvalue weighted by Gasteiger charge is 2.07. The van der Waals surface area contributed by atoms with E-state index in [1.807, 2.05) is 24.5 Å². The number of nitrogens with one attached hydrogen (secondary N) is 1. The Morgan fingerprint density at radius 1 is 1.33 bits per heavy atom. The molecular formula is C14H21N3S. The third-order valence-corrected chi connectivity index (χ3v) is 3.78. The number of anilines is 1. The number of benzene rings is 1. The van der Waals surface area contributed by atoms with Crippen molar-refractivity contribution in [2.75, 3.05) is 37.8 Å². The summed E-state index contributed by atoms with van der Waals surface area (Å²) in [6.45, 7) is 8.33. The first-order valence-corrected chi connectivity index (χ1v) is 7.52. The first-order chi connectivity index (χ1) is 8.76. The number of likely N-dealkylation sites (N-methyl/N-ethyl adjacent to an activating group) is 1. The van der Waals surface area contributed by atoms with Crippen molar-refractivity contribution in [2.45, 2.75) is 18.7 Å². The summed E-state index contributed by atoms with van der Waals surface area (Å²) in [7, 11) is 0. The van der Waals surface area contributed by atoms with Crippen molar-refractivity contribution in [3.8, 4) is 6.07 Å². The Morgan fingerprint density at radius 3 is 2.61 bits per heavy atom. The fourth-order valence-electron chi connectivity index (χ4n) is 1.85. The summed E-state index contributed by atoms with van der Waals surface area (Å²) in [5.74, 6) is 0. The third-order valence-electron chi connectivity index (χ3n) is 3.00. The van der Waals surface area contributed by atoms with Crippen molar-refractivity contribution in [3.63, 3.8) is 0 Å². The molecule has 0 aliphatic rings. The number of thioether (sulfide) groups is 1. The van der Waals surface area contributed by atoms with Gasteiger partial charge >= 0.3 is 0 Å². The van der Waals surface area contributed by atoms with Crippen molar-refractivity contribution >= 4 is 17.4 Å². The average Bonchev–Trinajstić information content (AvgIpc) is 2.43. The molecule has 3 nitrogen and oxygen atoms in total. The van der Waals surface area contributed by atoms with Crippen LogP contribution in [0.25, 0.3) is 0 Å². The molecule has 0 fully saturated rings. The first-order valence-electron chi connectivity index (χ1n) is 6.30. The molecule has 0 spiro atoms. The number of nitriles is 1. The van der Waals surface area contributed by atoms with E-state index in [9.17, 15) is 5.26 Å². The van der Waals surface area contributed by atoms with E-state index in [-0.39, 0.29) is 0 Å². The van der Waals surface area contributed by atoms with E-state index in [0.29, 0.717) is 0 Å². The van der Waals surface area contributed by atoms with Gasteiger partial charge in [0.25, 0.3) is 0 Å². The maximum absolute atomic E-state index is 9.22.